The largest absolute Gasteiger partial charge is 0.237 e. The smallest absolute Gasteiger partial charge is 0.212 e. The maximum absolute atomic E-state index is 10.9. The molecule has 0 aromatic rings. The lowest BCUT2D eigenvalue weighted by molar-refractivity contribution is 0.553. The highest BCUT2D eigenvalue weighted by Gasteiger charge is 2.35. The molecule has 0 bridgehead atoms. The molecule has 10 heavy (non-hydrogen) atoms. The summed E-state index contributed by atoms with van der Waals surface area (Å²) in [5, 5.41) is 0. The topological polar surface area (TPSA) is 34.1 Å². The van der Waals surface area contributed by atoms with Gasteiger partial charge in [-0.05, 0) is 19.4 Å². The molecule has 0 aliphatic carbocycles. The van der Waals surface area contributed by atoms with E-state index in [2.05, 4.69) is 0 Å². The first kappa shape index (κ1) is 10.5. The molecule has 0 heterocycles. The van der Waals surface area contributed by atoms with Crippen molar-refractivity contribution in [2.45, 2.75) is 31.1 Å². The zero-order valence-corrected chi connectivity index (χ0v) is 10.3. The highest BCUT2D eigenvalue weighted by molar-refractivity contribution is 8.14. The Bertz CT molecular complexity index is 208. The van der Waals surface area contributed by atoms with Crippen LogP contribution in [0.2, 0.25) is 5.54 Å². The molecule has 0 spiro atoms. The summed E-state index contributed by atoms with van der Waals surface area (Å²) < 4.78 is 21.0. The molecule has 0 radical (unpaired) electrons. The Kier molecular flexibility index (Phi) is 2.96. The Balaban J connectivity index is 4.76. The Morgan fingerprint density at radius 3 is 1.80 bits per heavy atom. The van der Waals surface area contributed by atoms with Crippen LogP contribution in [0.15, 0.2) is 0 Å². The Morgan fingerprint density at radius 1 is 1.50 bits per heavy atom. The van der Waals surface area contributed by atoms with Gasteiger partial charge in [0.1, 0.15) is 0 Å². The third-order valence-corrected chi connectivity index (χ3v) is 6.80. The molecular formula is C5H13ClO2SSi. The Labute approximate surface area is 69.8 Å². The van der Waals surface area contributed by atoms with Crippen molar-refractivity contribution < 1.29 is 8.42 Å². The lowest BCUT2D eigenvalue weighted by Gasteiger charge is -2.24. The summed E-state index contributed by atoms with van der Waals surface area (Å²) in [4.78, 5) is 0. The summed E-state index contributed by atoms with van der Waals surface area (Å²) in [6.07, 6.45) is 0. The van der Waals surface area contributed by atoms with Crippen LogP contribution in [-0.4, -0.2) is 23.4 Å². The molecule has 0 aromatic carbocycles. The van der Waals surface area contributed by atoms with Gasteiger partial charge in [0.25, 0.3) is 0 Å². The van der Waals surface area contributed by atoms with E-state index in [4.69, 9.17) is 10.7 Å². The van der Waals surface area contributed by atoms with E-state index in [9.17, 15) is 8.42 Å². The van der Waals surface area contributed by atoms with Crippen LogP contribution in [-0.2, 0) is 9.05 Å². The van der Waals surface area contributed by atoms with Crippen molar-refractivity contribution in [1.82, 2.24) is 0 Å². The zero-order chi connectivity index (χ0) is 8.58. The number of hydrogen-bond donors (Lipinski definition) is 0. The van der Waals surface area contributed by atoms with Gasteiger partial charge in [0.2, 0.25) is 9.05 Å². The normalized spacial score (nSPS) is 17.2. The van der Waals surface area contributed by atoms with Gasteiger partial charge in [-0.2, -0.15) is 0 Å². The van der Waals surface area contributed by atoms with Gasteiger partial charge in [-0.3, -0.25) is 0 Å². The van der Waals surface area contributed by atoms with Gasteiger partial charge in [-0.25, -0.2) is 8.42 Å². The van der Waals surface area contributed by atoms with Crippen molar-refractivity contribution in [1.29, 1.82) is 0 Å². The summed E-state index contributed by atoms with van der Waals surface area (Å²) in [5.74, 6) is 0. The predicted octanol–water partition coefficient (Wildman–Crippen LogP) is 0.507. The van der Waals surface area contributed by atoms with E-state index in [1.165, 1.54) is 0 Å². The molecule has 62 valence electrons. The van der Waals surface area contributed by atoms with Crippen LogP contribution in [0.5, 0.6) is 0 Å². The number of hydrogen-bond acceptors (Lipinski definition) is 2. The minimum atomic E-state index is -3.39. The van der Waals surface area contributed by atoms with Crippen LogP contribution in [0.3, 0.4) is 0 Å². The van der Waals surface area contributed by atoms with Gasteiger partial charge in [-0.15, -0.1) is 0 Å². The van der Waals surface area contributed by atoms with Crippen molar-refractivity contribution in [3.05, 3.63) is 0 Å². The molecule has 0 amide bonds. The molecule has 0 N–H and O–H groups in total. The molecule has 0 rings (SSSR count). The maximum atomic E-state index is 10.9. The van der Waals surface area contributed by atoms with E-state index in [0.29, 0.717) is 0 Å². The summed E-state index contributed by atoms with van der Waals surface area (Å²) in [7, 11) is 2.66. The SMILES string of the molecule is CC([SiH3])C(C)(C)S(=O)(=O)Cl. The third-order valence-electron chi connectivity index (χ3n) is 2.02. The molecule has 0 aliphatic rings. The fourth-order valence-corrected chi connectivity index (χ4v) is 2.76. The molecule has 0 aromatic heterocycles. The van der Waals surface area contributed by atoms with E-state index in [0.717, 1.165) is 10.2 Å². The van der Waals surface area contributed by atoms with Crippen molar-refractivity contribution in [2.24, 2.45) is 0 Å². The second kappa shape index (κ2) is 2.83. The average Bonchev–Trinajstić information content (AvgIpc) is 1.62. The Morgan fingerprint density at radius 2 is 1.80 bits per heavy atom. The van der Waals surface area contributed by atoms with Crippen LogP contribution >= 0.6 is 10.7 Å². The van der Waals surface area contributed by atoms with Gasteiger partial charge in [0, 0.05) is 20.9 Å². The van der Waals surface area contributed by atoms with Crippen LogP contribution < -0.4 is 0 Å². The lowest BCUT2D eigenvalue weighted by atomic mass is 10.1. The van der Waals surface area contributed by atoms with E-state index < -0.39 is 13.8 Å². The second-order valence-electron chi connectivity index (χ2n) is 3.20. The van der Waals surface area contributed by atoms with Crippen molar-refractivity contribution in [3.8, 4) is 0 Å². The fraction of sp³-hybridized carbons (Fsp3) is 1.00. The van der Waals surface area contributed by atoms with Gasteiger partial charge < -0.3 is 0 Å². The third kappa shape index (κ3) is 1.97. The summed E-state index contributed by atoms with van der Waals surface area (Å²) in [5.41, 5.74) is 0.176. The van der Waals surface area contributed by atoms with Crippen LogP contribution in [0.4, 0.5) is 0 Å². The highest BCUT2D eigenvalue weighted by atomic mass is 35.7. The molecule has 2 nitrogen and oxygen atoms in total. The first-order valence-corrected chi connectivity index (χ1v) is 6.60. The van der Waals surface area contributed by atoms with Crippen molar-refractivity contribution in [2.75, 3.05) is 0 Å². The van der Waals surface area contributed by atoms with Gasteiger partial charge in [-0.1, -0.05) is 6.92 Å². The Hall–Kier alpha value is 0.457. The van der Waals surface area contributed by atoms with E-state index in [-0.39, 0.29) is 5.54 Å². The first-order valence-electron chi connectivity index (χ1n) is 3.14. The van der Waals surface area contributed by atoms with Gasteiger partial charge in [0.05, 0.1) is 4.75 Å². The minimum Gasteiger partial charge on any atom is -0.212 e. The second-order valence-corrected chi connectivity index (χ2v) is 8.07. The molecule has 0 aliphatic heterocycles. The van der Waals surface area contributed by atoms with Crippen LogP contribution in [0.25, 0.3) is 0 Å². The average molecular weight is 201 g/mol. The zero-order valence-electron chi connectivity index (χ0n) is 6.68. The molecule has 1 unspecified atom stereocenters. The molecule has 1 atom stereocenters. The van der Waals surface area contributed by atoms with Crippen LogP contribution in [0.1, 0.15) is 20.8 Å². The monoisotopic (exact) mass is 200 g/mol. The summed E-state index contributed by atoms with van der Waals surface area (Å²) >= 11 is 0. The molecule has 0 fully saturated rings. The summed E-state index contributed by atoms with van der Waals surface area (Å²) in [6, 6.07) is 0. The van der Waals surface area contributed by atoms with Crippen LogP contribution in [0, 0.1) is 0 Å². The maximum Gasteiger partial charge on any atom is 0.237 e. The standard InChI is InChI=1S/C5H13ClO2SSi/c1-4(10)5(2,3)9(6,7)8/h4H,1-3,10H3. The minimum absolute atomic E-state index is 0.176. The number of halogens is 1. The van der Waals surface area contributed by atoms with E-state index in [1.807, 2.05) is 6.92 Å². The molecule has 0 saturated heterocycles. The molecule has 0 saturated carbocycles. The van der Waals surface area contributed by atoms with E-state index >= 15 is 0 Å². The fourth-order valence-electron chi connectivity index (χ4n) is 0.282. The lowest BCUT2D eigenvalue weighted by Crippen LogP contribution is -2.32. The van der Waals surface area contributed by atoms with Gasteiger partial charge in [0.15, 0.2) is 0 Å². The molecular weight excluding hydrogens is 188 g/mol. The van der Waals surface area contributed by atoms with E-state index in [1.54, 1.807) is 13.8 Å². The summed E-state index contributed by atoms with van der Waals surface area (Å²) in [6.45, 7) is 5.21. The predicted molar refractivity (Wildman–Crippen MR) is 48.2 cm³/mol. The quantitative estimate of drug-likeness (QED) is 0.481. The van der Waals surface area contributed by atoms with Crippen molar-refractivity contribution in [3.63, 3.8) is 0 Å². The first-order chi connectivity index (χ1) is 4.19. The number of rotatable bonds is 2. The van der Waals surface area contributed by atoms with Gasteiger partial charge >= 0.3 is 0 Å². The molecule has 5 heteroatoms. The van der Waals surface area contributed by atoms with Crippen molar-refractivity contribution >= 4 is 30.0 Å². The highest BCUT2D eigenvalue weighted by Crippen LogP contribution is 2.30.